The molecule has 0 aliphatic heterocycles. The number of fused-ring (bicyclic) bond motifs is 1. The first-order valence-corrected chi connectivity index (χ1v) is 5.88. The van der Waals surface area contributed by atoms with Gasteiger partial charge >= 0.3 is 0 Å². The normalized spacial score (nSPS) is 13.5. The van der Waals surface area contributed by atoms with Crippen LogP contribution < -0.4 is 5.32 Å². The van der Waals surface area contributed by atoms with Crippen molar-refractivity contribution in [1.82, 2.24) is 5.32 Å². The van der Waals surface area contributed by atoms with Crippen molar-refractivity contribution in [3.63, 3.8) is 0 Å². The Kier molecular flexibility index (Phi) is 3.30. The predicted octanol–water partition coefficient (Wildman–Crippen LogP) is 3.74. The zero-order chi connectivity index (χ0) is 11.5. The molecule has 0 spiro atoms. The van der Waals surface area contributed by atoms with Crippen molar-refractivity contribution in [2.24, 2.45) is 5.92 Å². The van der Waals surface area contributed by atoms with Gasteiger partial charge in [-0.25, -0.2) is 0 Å². The Morgan fingerprint density at radius 1 is 1.19 bits per heavy atom. The number of para-hydroxylation sites is 1. The van der Waals surface area contributed by atoms with E-state index in [4.69, 9.17) is 4.42 Å². The zero-order valence-corrected chi connectivity index (χ0v) is 10.2. The number of nitrogens with one attached hydrogen (secondary N) is 1. The molecule has 0 amide bonds. The molecule has 2 aromatic rings. The van der Waals surface area contributed by atoms with Gasteiger partial charge in [-0.05, 0) is 31.5 Å². The van der Waals surface area contributed by atoms with E-state index in [-0.39, 0.29) is 6.04 Å². The number of furan rings is 1. The van der Waals surface area contributed by atoms with Crippen LogP contribution in [0.1, 0.15) is 32.6 Å². The third-order valence-corrected chi connectivity index (χ3v) is 2.70. The molecule has 0 radical (unpaired) electrons. The SMILES string of the molecule is CC(C)CNC(C)c1cc2ccccc2o1. The van der Waals surface area contributed by atoms with Gasteiger partial charge in [0.2, 0.25) is 0 Å². The Hall–Kier alpha value is -1.28. The topological polar surface area (TPSA) is 25.2 Å². The predicted molar refractivity (Wildman–Crippen MR) is 67.5 cm³/mol. The first kappa shape index (κ1) is 11.2. The van der Waals surface area contributed by atoms with Crippen molar-refractivity contribution in [1.29, 1.82) is 0 Å². The highest BCUT2D eigenvalue weighted by Gasteiger charge is 2.10. The first-order valence-electron chi connectivity index (χ1n) is 5.88. The van der Waals surface area contributed by atoms with Crippen molar-refractivity contribution in [2.75, 3.05) is 6.54 Å². The van der Waals surface area contributed by atoms with Gasteiger partial charge in [-0.3, -0.25) is 0 Å². The Balaban J connectivity index is 2.13. The molecule has 0 bridgehead atoms. The van der Waals surface area contributed by atoms with E-state index in [0.717, 1.165) is 17.9 Å². The van der Waals surface area contributed by atoms with Crippen LogP contribution in [-0.2, 0) is 0 Å². The van der Waals surface area contributed by atoms with E-state index >= 15 is 0 Å². The van der Waals surface area contributed by atoms with Gasteiger partial charge < -0.3 is 9.73 Å². The standard InChI is InChI=1S/C14H19NO/c1-10(2)9-15-11(3)14-8-12-6-4-5-7-13(12)16-14/h4-8,10-11,15H,9H2,1-3H3. The average molecular weight is 217 g/mol. The van der Waals surface area contributed by atoms with Gasteiger partial charge in [0.1, 0.15) is 11.3 Å². The summed E-state index contributed by atoms with van der Waals surface area (Å²) in [6.07, 6.45) is 0. The number of benzene rings is 1. The van der Waals surface area contributed by atoms with Crippen molar-refractivity contribution in [3.05, 3.63) is 36.1 Å². The van der Waals surface area contributed by atoms with E-state index in [0.29, 0.717) is 5.92 Å². The molecule has 2 rings (SSSR count). The molecule has 2 heteroatoms. The van der Waals surface area contributed by atoms with E-state index in [1.807, 2.05) is 18.2 Å². The summed E-state index contributed by atoms with van der Waals surface area (Å²) in [4.78, 5) is 0. The summed E-state index contributed by atoms with van der Waals surface area (Å²) in [7, 11) is 0. The quantitative estimate of drug-likeness (QED) is 0.844. The van der Waals surface area contributed by atoms with Crippen LogP contribution in [0.3, 0.4) is 0 Å². The van der Waals surface area contributed by atoms with Gasteiger partial charge in [-0.15, -0.1) is 0 Å². The van der Waals surface area contributed by atoms with Crippen LogP contribution in [0.15, 0.2) is 34.7 Å². The summed E-state index contributed by atoms with van der Waals surface area (Å²) in [5, 5.41) is 4.64. The molecule has 0 fully saturated rings. The van der Waals surface area contributed by atoms with E-state index in [1.54, 1.807) is 0 Å². The number of hydrogen-bond donors (Lipinski definition) is 1. The fourth-order valence-corrected chi connectivity index (χ4v) is 1.73. The summed E-state index contributed by atoms with van der Waals surface area (Å²) in [6.45, 7) is 7.56. The molecule has 1 aromatic carbocycles. The van der Waals surface area contributed by atoms with Crippen molar-refractivity contribution >= 4 is 11.0 Å². The van der Waals surface area contributed by atoms with Gasteiger partial charge in [0.25, 0.3) is 0 Å². The highest BCUT2D eigenvalue weighted by Crippen LogP contribution is 2.23. The van der Waals surface area contributed by atoms with Crippen LogP contribution in [-0.4, -0.2) is 6.54 Å². The first-order chi connectivity index (χ1) is 7.66. The second kappa shape index (κ2) is 4.71. The maximum atomic E-state index is 5.80. The summed E-state index contributed by atoms with van der Waals surface area (Å²) in [6, 6.07) is 10.5. The molecular formula is C14H19NO. The van der Waals surface area contributed by atoms with Crippen LogP contribution in [0.5, 0.6) is 0 Å². The van der Waals surface area contributed by atoms with Crippen molar-refractivity contribution < 1.29 is 4.42 Å². The Labute approximate surface area is 96.6 Å². The van der Waals surface area contributed by atoms with Crippen LogP contribution in [0.2, 0.25) is 0 Å². The summed E-state index contributed by atoms with van der Waals surface area (Å²) >= 11 is 0. The van der Waals surface area contributed by atoms with E-state index < -0.39 is 0 Å². The van der Waals surface area contributed by atoms with Crippen LogP contribution in [0.4, 0.5) is 0 Å². The minimum absolute atomic E-state index is 0.273. The molecule has 0 saturated heterocycles. The lowest BCUT2D eigenvalue weighted by Gasteiger charge is -2.12. The molecule has 16 heavy (non-hydrogen) atoms. The third-order valence-electron chi connectivity index (χ3n) is 2.70. The van der Waals surface area contributed by atoms with Gasteiger partial charge in [0.05, 0.1) is 6.04 Å². The molecule has 1 atom stereocenters. The van der Waals surface area contributed by atoms with Gasteiger partial charge in [-0.1, -0.05) is 32.0 Å². The monoisotopic (exact) mass is 217 g/mol. The van der Waals surface area contributed by atoms with Crippen LogP contribution in [0.25, 0.3) is 11.0 Å². The minimum atomic E-state index is 0.273. The van der Waals surface area contributed by atoms with E-state index in [9.17, 15) is 0 Å². The molecule has 1 aromatic heterocycles. The van der Waals surface area contributed by atoms with Crippen molar-refractivity contribution in [3.8, 4) is 0 Å². The smallest absolute Gasteiger partial charge is 0.134 e. The van der Waals surface area contributed by atoms with E-state index in [2.05, 4.69) is 38.2 Å². The van der Waals surface area contributed by atoms with E-state index in [1.165, 1.54) is 5.39 Å². The van der Waals surface area contributed by atoms with Crippen LogP contribution >= 0.6 is 0 Å². The lowest BCUT2D eigenvalue weighted by molar-refractivity contribution is 0.426. The second-order valence-electron chi connectivity index (χ2n) is 4.71. The minimum Gasteiger partial charge on any atom is -0.459 e. The lowest BCUT2D eigenvalue weighted by Crippen LogP contribution is -2.22. The maximum Gasteiger partial charge on any atom is 0.134 e. The summed E-state index contributed by atoms with van der Waals surface area (Å²) in [5.41, 5.74) is 0.968. The molecule has 0 aliphatic rings. The average Bonchev–Trinajstić information content (AvgIpc) is 2.69. The van der Waals surface area contributed by atoms with Gasteiger partial charge in [-0.2, -0.15) is 0 Å². The van der Waals surface area contributed by atoms with Crippen LogP contribution in [0, 0.1) is 5.92 Å². The largest absolute Gasteiger partial charge is 0.459 e. The second-order valence-corrected chi connectivity index (χ2v) is 4.71. The van der Waals surface area contributed by atoms with Crippen molar-refractivity contribution in [2.45, 2.75) is 26.8 Å². The summed E-state index contributed by atoms with van der Waals surface area (Å²) < 4.78 is 5.80. The zero-order valence-electron chi connectivity index (χ0n) is 10.2. The summed E-state index contributed by atoms with van der Waals surface area (Å²) in [5.74, 6) is 1.67. The van der Waals surface area contributed by atoms with Gasteiger partial charge in [0.15, 0.2) is 0 Å². The molecule has 86 valence electrons. The van der Waals surface area contributed by atoms with Gasteiger partial charge in [0, 0.05) is 5.39 Å². The Morgan fingerprint density at radius 2 is 1.94 bits per heavy atom. The molecule has 0 aliphatic carbocycles. The molecule has 2 nitrogen and oxygen atoms in total. The molecular weight excluding hydrogens is 198 g/mol. The Bertz CT molecular complexity index is 425. The maximum absolute atomic E-state index is 5.80. The molecule has 0 saturated carbocycles. The fourth-order valence-electron chi connectivity index (χ4n) is 1.73. The highest BCUT2D eigenvalue weighted by molar-refractivity contribution is 5.77. The molecule has 1 N–H and O–H groups in total. The number of hydrogen-bond acceptors (Lipinski definition) is 2. The molecule has 1 unspecified atom stereocenters. The Morgan fingerprint density at radius 3 is 2.62 bits per heavy atom. The highest BCUT2D eigenvalue weighted by atomic mass is 16.3. The third kappa shape index (κ3) is 2.45. The molecule has 1 heterocycles. The number of rotatable bonds is 4. The lowest BCUT2D eigenvalue weighted by atomic mass is 10.2. The fraction of sp³-hybridized carbons (Fsp3) is 0.429.